The number of rotatable bonds is 1. The molecule has 3 aromatic rings. The quantitative estimate of drug-likeness (QED) is 0.613. The second-order valence-electron chi connectivity index (χ2n) is 4.31. The number of hydrogen-bond acceptors (Lipinski definition) is 1. The number of pyridine rings is 1. The Morgan fingerprint density at radius 1 is 0.889 bits per heavy atom. The number of halogens is 1. The van der Waals surface area contributed by atoms with Crippen molar-refractivity contribution in [2.45, 2.75) is 6.92 Å². The van der Waals surface area contributed by atoms with Crippen LogP contribution >= 0.6 is 0 Å². The summed E-state index contributed by atoms with van der Waals surface area (Å²) in [4.78, 5) is 4.47. The maximum Gasteiger partial charge on any atom is 0.131 e. The molecule has 1 nitrogen and oxygen atoms in total. The first-order chi connectivity index (χ1) is 8.75. The molecule has 0 aliphatic rings. The average molecular weight is 237 g/mol. The zero-order chi connectivity index (χ0) is 12.5. The van der Waals surface area contributed by atoms with Gasteiger partial charge in [-0.1, -0.05) is 36.4 Å². The van der Waals surface area contributed by atoms with E-state index >= 15 is 0 Å². The zero-order valence-corrected chi connectivity index (χ0v) is 10.0. The van der Waals surface area contributed by atoms with Gasteiger partial charge < -0.3 is 0 Å². The summed E-state index contributed by atoms with van der Waals surface area (Å²) < 4.78 is 13.9. The molecule has 0 fully saturated rings. The Labute approximate surface area is 105 Å². The van der Waals surface area contributed by atoms with Crippen LogP contribution in [0.2, 0.25) is 0 Å². The zero-order valence-electron chi connectivity index (χ0n) is 10.0. The molecule has 1 heterocycles. The molecule has 0 spiro atoms. The Morgan fingerprint density at radius 2 is 1.61 bits per heavy atom. The molecule has 0 saturated carbocycles. The highest BCUT2D eigenvalue weighted by Gasteiger charge is 2.09. The first-order valence-electron chi connectivity index (χ1n) is 5.87. The molecule has 0 saturated heterocycles. The summed E-state index contributed by atoms with van der Waals surface area (Å²) in [6.45, 7) is 1.93. The fourth-order valence-corrected chi connectivity index (χ4v) is 2.21. The van der Waals surface area contributed by atoms with E-state index in [1.54, 1.807) is 12.1 Å². The summed E-state index contributed by atoms with van der Waals surface area (Å²) in [6.07, 6.45) is 0. The van der Waals surface area contributed by atoms with Gasteiger partial charge in [0, 0.05) is 16.6 Å². The van der Waals surface area contributed by atoms with Gasteiger partial charge in [-0.25, -0.2) is 4.39 Å². The lowest BCUT2D eigenvalue weighted by atomic mass is 10.00. The number of aryl methyl sites for hydroxylation is 1. The van der Waals surface area contributed by atoms with Crippen molar-refractivity contribution >= 4 is 10.9 Å². The summed E-state index contributed by atoms with van der Waals surface area (Å²) in [5.74, 6) is -0.201. The first kappa shape index (κ1) is 10.9. The Bertz CT molecular complexity index is 719. The lowest BCUT2D eigenvalue weighted by molar-refractivity contribution is 0.631. The highest BCUT2D eigenvalue weighted by molar-refractivity contribution is 5.94. The summed E-state index contributed by atoms with van der Waals surface area (Å²) in [5.41, 5.74) is 3.32. The van der Waals surface area contributed by atoms with Gasteiger partial charge in [0.15, 0.2) is 0 Å². The largest absolute Gasteiger partial charge is 0.253 e. The van der Waals surface area contributed by atoms with E-state index in [2.05, 4.69) is 4.98 Å². The highest BCUT2D eigenvalue weighted by atomic mass is 19.1. The van der Waals surface area contributed by atoms with Crippen LogP contribution in [0.1, 0.15) is 5.69 Å². The average Bonchev–Trinajstić information content (AvgIpc) is 2.38. The highest BCUT2D eigenvalue weighted by Crippen LogP contribution is 2.30. The number of hydrogen-bond donors (Lipinski definition) is 0. The number of nitrogens with zero attached hydrogens (tertiary/aromatic N) is 1. The predicted molar refractivity (Wildman–Crippen MR) is 71.9 cm³/mol. The molecule has 1 aromatic heterocycles. The lowest BCUT2D eigenvalue weighted by Crippen LogP contribution is -1.90. The standard InChI is InChI=1S/C16H12FN/c1-11-10-14(12-6-2-4-8-15(12)17)13-7-3-5-9-16(13)18-11/h2-10H,1H3. The topological polar surface area (TPSA) is 12.9 Å². The van der Waals surface area contributed by atoms with Crippen LogP contribution in [-0.4, -0.2) is 4.98 Å². The van der Waals surface area contributed by atoms with Gasteiger partial charge in [-0.2, -0.15) is 0 Å². The molecular weight excluding hydrogens is 225 g/mol. The Kier molecular flexibility index (Phi) is 2.56. The van der Waals surface area contributed by atoms with Gasteiger partial charge in [-0.3, -0.25) is 4.98 Å². The first-order valence-corrected chi connectivity index (χ1v) is 5.87. The molecule has 2 heteroatoms. The smallest absolute Gasteiger partial charge is 0.131 e. The fourth-order valence-electron chi connectivity index (χ4n) is 2.21. The Hall–Kier alpha value is -2.22. The molecule has 18 heavy (non-hydrogen) atoms. The van der Waals surface area contributed by atoms with E-state index in [0.717, 1.165) is 22.2 Å². The Morgan fingerprint density at radius 3 is 2.44 bits per heavy atom. The third-order valence-electron chi connectivity index (χ3n) is 3.01. The van der Waals surface area contributed by atoms with Gasteiger partial charge in [-0.05, 0) is 30.7 Å². The molecule has 0 aliphatic heterocycles. The van der Waals surface area contributed by atoms with Crippen molar-refractivity contribution in [1.29, 1.82) is 0 Å². The molecule has 3 rings (SSSR count). The van der Waals surface area contributed by atoms with Crippen LogP contribution in [0.4, 0.5) is 4.39 Å². The van der Waals surface area contributed by atoms with Crippen LogP contribution in [0.25, 0.3) is 22.0 Å². The van der Waals surface area contributed by atoms with Gasteiger partial charge in [-0.15, -0.1) is 0 Å². The van der Waals surface area contributed by atoms with Gasteiger partial charge in [0.25, 0.3) is 0 Å². The van der Waals surface area contributed by atoms with Crippen LogP contribution in [-0.2, 0) is 0 Å². The number of aromatic nitrogens is 1. The van der Waals surface area contributed by atoms with Crippen LogP contribution < -0.4 is 0 Å². The fraction of sp³-hybridized carbons (Fsp3) is 0.0625. The second kappa shape index (κ2) is 4.22. The van der Waals surface area contributed by atoms with E-state index in [0.29, 0.717) is 5.56 Å². The van der Waals surface area contributed by atoms with Crippen molar-refractivity contribution in [3.8, 4) is 11.1 Å². The Balaban J connectivity index is 2.39. The van der Waals surface area contributed by atoms with Crippen molar-refractivity contribution in [1.82, 2.24) is 4.98 Å². The van der Waals surface area contributed by atoms with Crippen LogP contribution in [0, 0.1) is 12.7 Å². The molecule has 0 aliphatic carbocycles. The molecule has 0 amide bonds. The molecule has 0 unspecified atom stereocenters. The minimum Gasteiger partial charge on any atom is -0.253 e. The molecule has 88 valence electrons. The molecule has 0 N–H and O–H groups in total. The lowest BCUT2D eigenvalue weighted by Gasteiger charge is -2.08. The molecular formula is C16H12FN. The molecule has 0 radical (unpaired) electrons. The van der Waals surface area contributed by atoms with E-state index in [4.69, 9.17) is 0 Å². The van der Waals surface area contributed by atoms with Crippen LogP contribution in [0.5, 0.6) is 0 Å². The van der Waals surface area contributed by atoms with Crippen LogP contribution in [0.3, 0.4) is 0 Å². The summed E-state index contributed by atoms with van der Waals surface area (Å²) in [6, 6.07) is 16.6. The summed E-state index contributed by atoms with van der Waals surface area (Å²) >= 11 is 0. The van der Waals surface area contributed by atoms with Gasteiger partial charge in [0.05, 0.1) is 5.52 Å². The van der Waals surface area contributed by atoms with E-state index in [1.807, 2.05) is 43.3 Å². The predicted octanol–water partition coefficient (Wildman–Crippen LogP) is 4.35. The van der Waals surface area contributed by atoms with Gasteiger partial charge in [0.1, 0.15) is 5.82 Å². The third-order valence-corrected chi connectivity index (χ3v) is 3.01. The molecule has 0 bridgehead atoms. The van der Waals surface area contributed by atoms with E-state index in [1.165, 1.54) is 6.07 Å². The maximum atomic E-state index is 13.9. The van der Waals surface area contributed by atoms with Crippen molar-refractivity contribution in [2.75, 3.05) is 0 Å². The monoisotopic (exact) mass is 237 g/mol. The van der Waals surface area contributed by atoms with Gasteiger partial charge >= 0.3 is 0 Å². The number of fused-ring (bicyclic) bond motifs is 1. The number of para-hydroxylation sites is 1. The molecule has 0 atom stereocenters. The van der Waals surface area contributed by atoms with Crippen LogP contribution in [0.15, 0.2) is 54.6 Å². The van der Waals surface area contributed by atoms with Crippen molar-refractivity contribution in [3.63, 3.8) is 0 Å². The molecule has 2 aromatic carbocycles. The van der Waals surface area contributed by atoms with E-state index < -0.39 is 0 Å². The SMILES string of the molecule is Cc1cc(-c2ccccc2F)c2ccccc2n1. The minimum atomic E-state index is -0.201. The van der Waals surface area contributed by atoms with Gasteiger partial charge in [0.2, 0.25) is 0 Å². The third kappa shape index (κ3) is 1.76. The van der Waals surface area contributed by atoms with Crippen molar-refractivity contribution in [3.05, 3.63) is 66.1 Å². The van der Waals surface area contributed by atoms with Crippen molar-refractivity contribution < 1.29 is 4.39 Å². The van der Waals surface area contributed by atoms with E-state index in [-0.39, 0.29) is 5.82 Å². The second-order valence-corrected chi connectivity index (χ2v) is 4.31. The van der Waals surface area contributed by atoms with Crippen molar-refractivity contribution in [2.24, 2.45) is 0 Å². The summed E-state index contributed by atoms with van der Waals surface area (Å²) in [7, 11) is 0. The van der Waals surface area contributed by atoms with E-state index in [9.17, 15) is 4.39 Å². The number of benzene rings is 2. The summed E-state index contributed by atoms with van der Waals surface area (Å²) in [5, 5.41) is 0.980. The minimum absolute atomic E-state index is 0.201. The maximum absolute atomic E-state index is 13.9. The normalized spacial score (nSPS) is 10.8.